The van der Waals surface area contributed by atoms with Crippen LogP contribution in [-0.4, -0.2) is 26.1 Å². The van der Waals surface area contributed by atoms with Gasteiger partial charge in [0.05, 0.1) is 11.9 Å². The molecular weight excluding hydrogens is 357 g/mol. The van der Waals surface area contributed by atoms with Crippen LogP contribution in [0.25, 0.3) is 22.3 Å². The molecule has 28 heavy (non-hydrogen) atoms. The number of pyridine rings is 1. The number of aryl methyl sites for hydroxylation is 1. The lowest BCUT2D eigenvalue weighted by Crippen LogP contribution is -2.15. The highest BCUT2D eigenvalue weighted by Crippen LogP contribution is 2.26. The summed E-state index contributed by atoms with van der Waals surface area (Å²) in [6, 6.07) is 10.1. The van der Waals surface area contributed by atoms with Gasteiger partial charge < -0.3 is 10.3 Å². The van der Waals surface area contributed by atoms with E-state index in [1.54, 1.807) is 18.3 Å². The molecule has 1 aromatic carbocycles. The van der Waals surface area contributed by atoms with Crippen molar-refractivity contribution in [3.63, 3.8) is 0 Å². The lowest BCUT2D eigenvalue weighted by Gasteiger charge is -2.11. The number of nitrogens with zero attached hydrogens (tertiary/aromatic N) is 2. The molecular formula is C21H18FN5O. The van der Waals surface area contributed by atoms with Crippen molar-refractivity contribution in [1.82, 2.24) is 20.2 Å². The van der Waals surface area contributed by atoms with Crippen LogP contribution in [0.4, 0.5) is 10.1 Å². The van der Waals surface area contributed by atoms with Gasteiger partial charge >= 0.3 is 0 Å². The number of amides is 1. The molecule has 0 fully saturated rings. The molecule has 0 bridgehead atoms. The summed E-state index contributed by atoms with van der Waals surface area (Å²) in [5.74, 6) is -0.501. The largest absolute Gasteiger partial charge is 0.339 e. The van der Waals surface area contributed by atoms with Gasteiger partial charge in [0.25, 0.3) is 5.91 Å². The molecule has 3 N–H and O–H groups in total. The first-order valence-electron chi connectivity index (χ1n) is 9.29. The third-order valence-electron chi connectivity index (χ3n) is 5.15. The maximum absolute atomic E-state index is 13.1. The molecule has 1 amide bonds. The van der Waals surface area contributed by atoms with Gasteiger partial charge in [0, 0.05) is 22.3 Å². The van der Waals surface area contributed by atoms with Gasteiger partial charge in [0.1, 0.15) is 11.5 Å². The summed E-state index contributed by atoms with van der Waals surface area (Å²) in [6.45, 7) is 0. The monoisotopic (exact) mass is 375 g/mol. The Hall–Kier alpha value is -3.48. The van der Waals surface area contributed by atoms with E-state index in [2.05, 4.69) is 25.5 Å². The van der Waals surface area contributed by atoms with E-state index in [1.165, 1.54) is 12.1 Å². The molecule has 0 saturated carbocycles. The van der Waals surface area contributed by atoms with Crippen LogP contribution in [0, 0.1) is 5.82 Å². The molecule has 3 heterocycles. The second-order valence-electron chi connectivity index (χ2n) is 7.04. The Balaban J connectivity index is 1.41. The van der Waals surface area contributed by atoms with E-state index >= 15 is 0 Å². The van der Waals surface area contributed by atoms with Crippen LogP contribution in [0.1, 0.15) is 34.6 Å². The van der Waals surface area contributed by atoms with Gasteiger partial charge in [0.2, 0.25) is 0 Å². The van der Waals surface area contributed by atoms with Gasteiger partial charge in [-0.25, -0.2) is 9.37 Å². The smallest absolute Gasteiger partial charge is 0.276 e. The van der Waals surface area contributed by atoms with E-state index in [-0.39, 0.29) is 11.7 Å². The predicted molar refractivity (Wildman–Crippen MR) is 105 cm³/mol. The standard InChI is InChI=1S/C21H18FN5O/c22-14-7-5-12(6-8-14)18-10-13-9-15(11-23-20(13)25-18)24-21(28)19-16-3-1-2-4-17(16)26-27-19/h5-11H,1-4H2,(H,23,25)(H,24,28)(H,26,27). The molecule has 0 unspecified atom stereocenters. The van der Waals surface area contributed by atoms with E-state index in [1.807, 2.05) is 12.1 Å². The van der Waals surface area contributed by atoms with E-state index in [9.17, 15) is 9.18 Å². The van der Waals surface area contributed by atoms with Gasteiger partial charge in [-0.3, -0.25) is 9.89 Å². The number of halogens is 1. The fourth-order valence-electron chi connectivity index (χ4n) is 3.73. The molecule has 140 valence electrons. The lowest BCUT2D eigenvalue weighted by atomic mass is 9.96. The number of rotatable bonds is 3. The molecule has 1 aliphatic rings. The molecule has 0 spiro atoms. The molecule has 0 radical (unpaired) electrons. The maximum Gasteiger partial charge on any atom is 0.276 e. The topological polar surface area (TPSA) is 86.5 Å². The summed E-state index contributed by atoms with van der Waals surface area (Å²) in [6.07, 6.45) is 5.64. The Morgan fingerprint density at radius 1 is 1.11 bits per heavy atom. The summed E-state index contributed by atoms with van der Waals surface area (Å²) < 4.78 is 13.1. The van der Waals surface area contributed by atoms with Gasteiger partial charge in [-0.15, -0.1) is 0 Å². The second kappa shape index (κ2) is 6.60. The minimum Gasteiger partial charge on any atom is -0.339 e. The van der Waals surface area contributed by atoms with Crippen molar-refractivity contribution < 1.29 is 9.18 Å². The number of carbonyl (C=O) groups is 1. The van der Waals surface area contributed by atoms with E-state index in [4.69, 9.17) is 0 Å². The minimum atomic E-state index is -0.275. The predicted octanol–water partition coefficient (Wildman–Crippen LogP) is 4.22. The first-order chi connectivity index (χ1) is 13.7. The maximum atomic E-state index is 13.1. The summed E-state index contributed by atoms with van der Waals surface area (Å²) in [7, 11) is 0. The van der Waals surface area contributed by atoms with Crippen molar-refractivity contribution in [3.8, 4) is 11.3 Å². The number of aromatic nitrogens is 4. The van der Waals surface area contributed by atoms with Crippen molar-refractivity contribution >= 4 is 22.6 Å². The molecule has 1 aliphatic carbocycles. The van der Waals surface area contributed by atoms with Crippen molar-refractivity contribution in [2.75, 3.05) is 5.32 Å². The molecule has 0 saturated heterocycles. The fourth-order valence-corrected chi connectivity index (χ4v) is 3.73. The summed E-state index contributed by atoms with van der Waals surface area (Å²) in [5.41, 5.74) is 5.58. The van der Waals surface area contributed by atoms with Crippen molar-refractivity contribution in [2.24, 2.45) is 0 Å². The average molecular weight is 375 g/mol. The molecule has 5 rings (SSSR count). The first kappa shape index (κ1) is 16.7. The lowest BCUT2D eigenvalue weighted by molar-refractivity contribution is 0.102. The van der Waals surface area contributed by atoms with E-state index < -0.39 is 0 Å². The fraction of sp³-hybridized carbons (Fsp3) is 0.190. The highest BCUT2D eigenvalue weighted by atomic mass is 19.1. The van der Waals surface area contributed by atoms with Crippen LogP contribution in [0.2, 0.25) is 0 Å². The van der Waals surface area contributed by atoms with Crippen LogP contribution in [0.15, 0.2) is 42.6 Å². The molecule has 6 nitrogen and oxygen atoms in total. The van der Waals surface area contributed by atoms with Crippen molar-refractivity contribution in [3.05, 3.63) is 65.4 Å². The number of nitrogens with one attached hydrogen (secondary N) is 3. The highest BCUT2D eigenvalue weighted by Gasteiger charge is 2.21. The summed E-state index contributed by atoms with van der Waals surface area (Å²) in [5, 5.41) is 11.0. The van der Waals surface area contributed by atoms with Crippen LogP contribution in [-0.2, 0) is 12.8 Å². The van der Waals surface area contributed by atoms with Crippen LogP contribution in [0.3, 0.4) is 0 Å². The number of hydrogen-bond donors (Lipinski definition) is 3. The second-order valence-corrected chi connectivity index (χ2v) is 7.04. The molecule has 0 aliphatic heterocycles. The molecule has 3 aromatic heterocycles. The summed E-state index contributed by atoms with van der Waals surface area (Å²) >= 11 is 0. The number of carbonyl (C=O) groups excluding carboxylic acids is 1. The van der Waals surface area contributed by atoms with Crippen molar-refractivity contribution in [1.29, 1.82) is 0 Å². The number of aromatic amines is 2. The first-order valence-corrected chi connectivity index (χ1v) is 9.29. The number of H-pyrrole nitrogens is 2. The average Bonchev–Trinajstić information content (AvgIpc) is 3.32. The zero-order valence-corrected chi connectivity index (χ0v) is 15.1. The Morgan fingerprint density at radius 2 is 1.93 bits per heavy atom. The van der Waals surface area contributed by atoms with E-state index in [0.717, 1.165) is 53.6 Å². The Bertz CT molecular complexity index is 1180. The number of benzene rings is 1. The quantitative estimate of drug-likeness (QED) is 0.501. The SMILES string of the molecule is O=C(Nc1cnc2[nH]c(-c3ccc(F)cc3)cc2c1)c1n[nH]c2c1CCCC2. The Morgan fingerprint density at radius 3 is 2.79 bits per heavy atom. The van der Waals surface area contributed by atoms with Crippen LogP contribution in [0.5, 0.6) is 0 Å². The third-order valence-corrected chi connectivity index (χ3v) is 5.15. The van der Waals surface area contributed by atoms with Crippen LogP contribution < -0.4 is 5.32 Å². The molecule has 4 aromatic rings. The van der Waals surface area contributed by atoms with Gasteiger partial charge in [-0.1, -0.05) is 0 Å². The highest BCUT2D eigenvalue weighted by molar-refractivity contribution is 6.04. The Kier molecular flexibility index (Phi) is 3.93. The third kappa shape index (κ3) is 2.94. The van der Waals surface area contributed by atoms with E-state index in [0.29, 0.717) is 17.0 Å². The number of fused-ring (bicyclic) bond motifs is 2. The zero-order valence-electron chi connectivity index (χ0n) is 15.1. The number of anilines is 1. The Labute approximate surface area is 160 Å². The molecule has 7 heteroatoms. The van der Waals surface area contributed by atoms with Gasteiger partial charge in [-0.2, -0.15) is 5.10 Å². The van der Waals surface area contributed by atoms with Crippen LogP contribution >= 0.6 is 0 Å². The minimum absolute atomic E-state index is 0.227. The van der Waals surface area contributed by atoms with Gasteiger partial charge in [-0.05, 0) is 67.6 Å². The summed E-state index contributed by atoms with van der Waals surface area (Å²) in [4.78, 5) is 20.3. The normalized spacial score (nSPS) is 13.5. The zero-order chi connectivity index (χ0) is 19.1. The molecule has 0 atom stereocenters. The van der Waals surface area contributed by atoms with Gasteiger partial charge in [0.15, 0.2) is 5.69 Å². The van der Waals surface area contributed by atoms with Crippen molar-refractivity contribution in [2.45, 2.75) is 25.7 Å². The number of hydrogen-bond acceptors (Lipinski definition) is 3.